The Labute approximate surface area is 158 Å². The van der Waals surface area contributed by atoms with Gasteiger partial charge in [0, 0.05) is 5.56 Å². The number of ether oxygens (including phenoxy) is 1. The molecule has 3 rings (SSSR count). The highest BCUT2D eigenvalue weighted by atomic mass is 16.5. The number of nitrogens with zero attached hydrogens (tertiary/aromatic N) is 1. The lowest BCUT2D eigenvalue weighted by Gasteiger charge is -2.32. The Kier molecular flexibility index (Phi) is 7.33. The summed E-state index contributed by atoms with van der Waals surface area (Å²) in [7, 11) is 0. The van der Waals surface area contributed by atoms with Crippen LogP contribution in [0.3, 0.4) is 0 Å². The Morgan fingerprint density at radius 1 is 1.00 bits per heavy atom. The molecule has 26 heavy (non-hydrogen) atoms. The quantitative estimate of drug-likeness (QED) is 0.591. The van der Waals surface area contributed by atoms with Crippen molar-refractivity contribution in [2.75, 3.05) is 26.2 Å². The lowest BCUT2D eigenvalue weighted by Crippen LogP contribution is -2.35. The Morgan fingerprint density at radius 2 is 1.65 bits per heavy atom. The van der Waals surface area contributed by atoms with Crippen molar-refractivity contribution in [3.05, 3.63) is 77.9 Å². The highest BCUT2D eigenvalue weighted by Gasteiger charge is 2.19. The molecule has 0 atom stereocenters. The molecule has 0 saturated carbocycles. The second kappa shape index (κ2) is 10.2. The van der Waals surface area contributed by atoms with E-state index in [-0.39, 0.29) is 0 Å². The number of piperidine rings is 1. The molecule has 0 amide bonds. The topological polar surface area (TPSA) is 12.5 Å². The third kappa shape index (κ3) is 5.74. The molecular weight excluding hydrogens is 318 g/mol. The normalized spacial score (nSPS) is 16.6. The number of benzene rings is 2. The molecule has 2 aromatic carbocycles. The highest BCUT2D eigenvalue weighted by Crippen LogP contribution is 2.22. The molecule has 2 aromatic rings. The van der Waals surface area contributed by atoms with Crippen LogP contribution in [-0.2, 0) is 11.2 Å². The molecule has 1 aliphatic heterocycles. The van der Waals surface area contributed by atoms with Crippen molar-refractivity contribution < 1.29 is 4.74 Å². The molecular formula is C24H31NO. The highest BCUT2D eigenvalue weighted by molar-refractivity contribution is 5.59. The summed E-state index contributed by atoms with van der Waals surface area (Å²) in [5, 5.41) is 0. The molecule has 1 saturated heterocycles. The zero-order chi connectivity index (χ0) is 18.0. The monoisotopic (exact) mass is 349 g/mol. The summed E-state index contributed by atoms with van der Waals surface area (Å²) in [6, 6.07) is 21.2. The zero-order valence-corrected chi connectivity index (χ0v) is 15.9. The molecule has 0 unspecified atom stereocenters. The van der Waals surface area contributed by atoms with Gasteiger partial charge in [-0.05, 0) is 69.8 Å². The lowest BCUT2D eigenvalue weighted by atomic mass is 9.97. The van der Waals surface area contributed by atoms with Crippen molar-refractivity contribution in [3.63, 3.8) is 0 Å². The standard InChI is InChI=1S/C24H31NO/c1-2-24(23-13-7-4-8-14-23)26-20-22-15-18-25(19-16-22)17-9-12-21-10-5-3-6-11-21/h2-8,10-11,13-14,22H,9,12,15-20H2,1H3. The minimum atomic E-state index is 0.680. The summed E-state index contributed by atoms with van der Waals surface area (Å²) in [4.78, 5) is 2.62. The van der Waals surface area contributed by atoms with Gasteiger partial charge in [0.05, 0.1) is 6.61 Å². The third-order valence-electron chi connectivity index (χ3n) is 5.28. The maximum atomic E-state index is 6.13. The first-order valence-corrected chi connectivity index (χ1v) is 9.96. The smallest absolute Gasteiger partial charge is 0.122 e. The molecule has 0 aromatic heterocycles. The van der Waals surface area contributed by atoms with E-state index in [1.54, 1.807) is 0 Å². The lowest BCUT2D eigenvalue weighted by molar-refractivity contribution is 0.128. The minimum absolute atomic E-state index is 0.680. The van der Waals surface area contributed by atoms with E-state index < -0.39 is 0 Å². The third-order valence-corrected chi connectivity index (χ3v) is 5.28. The number of allylic oxidation sites excluding steroid dienone is 1. The number of hydrogen-bond donors (Lipinski definition) is 0. The van der Waals surface area contributed by atoms with Crippen LogP contribution in [0.2, 0.25) is 0 Å². The van der Waals surface area contributed by atoms with E-state index in [2.05, 4.69) is 72.5 Å². The van der Waals surface area contributed by atoms with Crippen LogP contribution in [0.5, 0.6) is 0 Å². The van der Waals surface area contributed by atoms with E-state index in [0.29, 0.717) is 5.92 Å². The zero-order valence-electron chi connectivity index (χ0n) is 15.9. The van der Waals surface area contributed by atoms with E-state index >= 15 is 0 Å². The summed E-state index contributed by atoms with van der Waals surface area (Å²) >= 11 is 0. The first-order valence-electron chi connectivity index (χ1n) is 9.96. The summed E-state index contributed by atoms with van der Waals surface area (Å²) in [6.45, 7) is 6.52. The number of likely N-dealkylation sites (tertiary alicyclic amines) is 1. The van der Waals surface area contributed by atoms with Gasteiger partial charge in [-0.3, -0.25) is 0 Å². The van der Waals surface area contributed by atoms with Crippen LogP contribution < -0.4 is 0 Å². The number of aryl methyl sites for hydroxylation is 1. The van der Waals surface area contributed by atoms with Gasteiger partial charge in [0.1, 0.15) is 5.76 Å². The fraction of sp³-hybridized carbons (Fsp3) is 0.417. The molecule has 1 heterocycles. The van der Waals surface area contributed by atoms with E-state index in [0.717, 1.165) is 12.4 Å². The van der Waals surface area contributed by atoms with Crippen LogP contribution in [0, 0.1) is 5.92 Å². The molecule has 138 valence electrons. The van der Waals surface area contributed by atoms with Crippen LogP contribution in [0.15, 0.2) is 66.7 Å². The van der Waals surface area contributed by atoms with Gasteiger partial charge < -0.3 is 9.64 Å². The van der Waals surface area contributed by atoms with E-state index in [9.17, 15) is 0 Å². The van der Waals surface area contributed by atoms with Crippen molar-refractivity contribution in [2.45, 2.75) is 32.6 Å². The molecule has 0 spiro atoms. The van der Waals surface area contributed by atoms with Crippen LogP contribution in [0.25, 0.3) is 5.76 Å². The van der Waals surface area contributed by atoms with Gasteiger partial charge in [-0.25, -0.2) is 0 Å². The predicted molar refractivity (Wildman–Crippen MR) is 110 cm³/mol. The predicted octanol–water partition coefficient (Wildman–Crippen LogP) is 5.41. The number of hydrogen-bond acceptors (Lipinski definition) is 2. The Bertz CT molecular complexity index is 657. The maximum absolute atomic E-state index is 6.13. The molecule has 2 nitrogen and oxygen atoms in total. The first-order chi connectivity index (χ1) is 12.8. The van der Waals surface area contributed by atoms with Gasteiger partial charge in [-0.1, -0.05) is 60.7 Å². The molecule has 0 radical (unpaired) electrons. The van der Waals surface area contributed by atoms with Crippen LogP contribution in [0.1, 0.15) is 37.3 Å². The molecule has 0 N–H and O–H groups in total. The average Bonchev–Trinajstić information content (AvgIpc) is 2.71. The Balaban J connectivity index is 1.35. The fourth-order valence-corrected chi connectivity index (χ4v) is 3.67. The van der Waals surface area contributed by atoms with Crippen molar-refractivity contribution in [2.24, 2.45) is 5.92 Å². The fourth-order valence-electron chi connectivity index (χ4n) is 3.67. The largest absolute Gasteiger partial charge is 0.493 e. The van der Waals surface area contributed by atoms with Crippen LogP contribution in [0.4, 0.5) is 0 Å². The van der Waals surface area contributed by atoms with Gasteiger partial charge in [0.15, 0.2) is 0 Å². The molecule has 1 aliphatic rings. The summed E-state index contributed by atoms with van der Waals surface area (Å²) in [5.74, 6) is 1.69. The molecule has 1 fully saturated rings. The van der Waals surface area contributed by atoms with Crippen molar-refractivity contribution in [1.82, 2.24) is 4.90 Å². The molecule has 0 aliphatic carbocycles. The molecule has 2 heteroatoms. The van der Waals surface area contributed by atoms with Gasteiger partial charge >= 0.3 is 0 Å². The maximum Gasteiger partial charge on any atom is 0.122 e. The summed E-state index contributed by atoms with van der Waals surface area (Å²) < 4.78 is 6.13. The van der Waals surface area contributed by atoms with E-state index in [4.69, 9.17) is 4.74 Å². The average molecular weight is 350 g/mol. The van der Waals surface area contributed by atoms with Gasteiger partial charge in [-0.2, -0.15) is 0 Å². The second-order valence-corrected chi connectivity index (χ2v) is 7.20. The Hall–Kier alpha value is -2.06. The Morgan fingerprint density at radius 3 is 2.31 bits per heavy atom. The minimum Gasteiger partial charge on any atom is -0.493 e. The van der Waals surface area contributed by atoms with Crippen LogP contribution in [-0.4, -0.2) is 31.1 Å². The van der Waals surface area contributed by atoms with Crippen LogP contribution >= 0.6 is 0 Å². The number of rotatable bonds is 8. The van der Waals surface area contributed by atoms with Gasteiger partial charge in [-0.15, -0.1) is 0 Å². The summed E-state index contributed by atoms with van der Waals surface area (Å²) in [6.07, 6.45) is 7.01. The van der Waals surface area contributed by atoms with Gasteiger partial charge in [0.25, 0.3) is 0 Å². The first kappa shape index (κ1) is 18.7. The van der Waals surface area contributed by atoms with Crippen molar-refractivity contribution >= 4 is 5.76 Å². The van der Waals surface area contributed by atoms with Crippen molar-refractivity contribution in [1.29, 1.82) is 0 Å². The SMILES string of the molecule is CC=C(OCC1CCN(CCCc2ccccc2)CC1)c1ccccc1. The molecule has 0 bridgehead atoms. The van der Waals surface area contributed by atoms with Crippen molar-refractivity contribution in [3.8, 4) is 0 Å². The van der Waals surface area contributed by atoms with Gasteiger partial charge in [0.2, 0.25) is 0 Å². The van der Waals surface area contributed by atoms with E-state index in [1.165, 1.54) is 56.4 Å². The second-order valence-electron chi connectivity index (χ2n) is 7.20. The summed E-state index contributed by atoms with van der Waals surface area (Å²) in [5.41, 5.74) is 2.63. The van der Waals surface area contributed by atoms with E-state index in [1.807, 2.05) is 6.07 Å².